The molecule has 18 heavy (non-hydrogen) atoms. The molecule has 0 aliphatic carbocycles. The Balaban J connectivity index is 2.51. The third-order valence-electron chi connectivity index (χ3n) is 3.93. The highest BCUT2D eigenvalue weighted by atomic mass is 16.5. The fourth-order valence-corrected chi connectivity index (χ4v) is 2.42. The molecule has 1 aliphatic rings. The Hall–Kier alpha value is -1.10. The molecule has 100 valence electrons. The summed E-state index contributed by atoms with van der Waals surface area (Å²) in [5, 5.41) is 10.2. The fraction of sp³-hybridized carbons (Fsp3) is 0.571. The van der Waals surface area contributed by atoms with Gasteiger partial charge in [-0.15, -0.1) is 0 Å². The zero-order chi connectivity index (χ0) is 13.3. The Kier molecular flexibility index (Phi) is 3.61. The first-order chi connectivity index (χ1) is 8.55. The quantitative estimate of drug-likeness (QED) is 0.834. The number of methoxy groups -OCH3 is 1. The molecule has 0 spiro atoms. The molecule has 0 bridgehead atoms. The first-order valence-electron chi connectivity index (χ1n) is 6.16. The number of rotatable bonds is 4. The first-order valence-corrected chi connectivity index (χ1v) is 6.16. The van der Waals surface area contributed by atoms with Gasteiger partial charge in [0.05, 0.1) is 31.8 Å². The maximum atomic E-state index is 10.2. The summed E-state index contributed by atoms with van der Waals surface area (Å²) in [5.41, 5.74) is 8.55. The molecular weight excluding hydrogens is 230 g/mol. The number of ether oxygens (including phenoxy) is 2. The molecule has 0 amide bonds. The smallest absolute Gasteiger partial charge is 0.123 e. The van der Waals surface area contributed by atoms with E-state index in [4.69, 9.17) is 15.2 Å². The molecule has 1 fully saturated rings. The van der Waals surface area contributed by atoms with Gasteiger partial charge < -0.3 is 20.3 Å². The summed E-state index contributed by atoms with van der Waals surface area (Å²) in [6.07, 6.45) is -0.609. The molecule has 0 saturated carbocycles. The van der Waals surface area contributed by atoms with E-state index in [-0.39, 0.29) is 6.54 Å². The van der Waals surface area contributed by atoms with E-state index in [1.165, 1.54) is 11.1 Å². The lowest BCUT2D eigenvalue weighted by molar-refractivity contribution is -0.117. The number of hydrogen-bond acceptors (Lipinski definition) is 4. The van der Waals surface area contributed by atoms with Crippen LogP contribution < -0.4 is 10.5 Å². The summed E-state index contributed by atoms with van der Waals surface area (Å²) < 4.78 is 10.8. The predicted octanol–water partition coefficient (Wildman–Crippen LogP) is 0.900. The summed E-state index contributed by atoms with van der Waals surface area (Å²) in [6, 6.07) is 4.09. The third kappa shape index (κ3) is 1.90. The van der Waals surface area contributed by atoms with Crippen LogP contribution in [0.25, 0.3) is 0 Å². The van der Waals surface area contributed by atoms with Crippen LogP contribution in [-0.4, -0.2) is 38.1 Å². The van der Waals surface area contributed by atoms with Crippen LogP contribution in [0.5, 0.6) is 5.75 Å². The molecule has 4 heteroatoms. The summed E-state index contributed by atoms with van der Waals surface area (Å²) in [7, 11) is 1.65. The largest absolute Gasteiger partial charge is 0.496 e. The van der Waals surface area contributed by atoms with E-state index in [1.54, 1.807) is 7.11 Å². The van der Waals surface area contributed by atoms with Gasteiger partial charge in [-0.25, -0.2) is 0 Å². The summed E-state index contributed by atoms with van der Waals surface area (Å²) in [5.74, 6) is 0.800. The zero-order valence-electron chi connectivity index (χ0n) is 11.2. The molecule has 0 radical (unpaired) electrons. The highest BCUT2D eigenvalue weighted by molar-refractivity contribution is 5.48. The molecule has 1 aromatic carbocycles. The molecule has 0 aromatic heterocycles. The van der Waals surface area contributed by atoms with Crippen LogP contribution >= 0.6 is 0 Å². The second-order valence-electron chi connectivity index (χ2n) is 5.04. The van der Waals surface area contributed by atoms with Crippen molar-refractivity contribution in [1.82, 2.24) is 0 Å². The Labute approximate surface area is 108 Å². The van der Waals surface area contributed by atoms with Gasteiger partial charge >= 0.3 is 0 Å². The van der Waals surface area contributed by atoms with E-state index in [1.807, 2.05) is 13.0 Å². The minimum Gasteiger partial charge on any atom is -0.496 e. The number of benzene rings is 1. The first kappa shape index (κ1) is 13.3. The Morgan fingerprint density at radius 1 is 1.39 bits per heavy atom. The predicted molar refractivity (Wildman–Crippen MR) is 70.0 cm³/mol. The van der Waals surface area contributed by atoms with Crippen molar-refractivity contribution in [1.29, 1.82) is 0 Å². The number of aryl methyl sites for hydroxylation is 2. The van der Waals surface area contributed by atoms with E-state index < -0.39 is 11.5 Å². The Bertz CT molecular complexity index is 441. The molecule has 1 unspecified atom stereocenters. The topological polar surface area (TPSA) is 64.7 Å². The van der Waals surface area contributed by atoms with Crippen molar-refractivity contribution in [3.05, 3.63) is 28.8 Å². The Morgan fingerprint density at radius 3 is 2.44 bits per heavy atom. The number of aliphatic hydroxyl groups excluding tert-OH is 1. The van der Waals surface area contributed by atoms with Crippen LogP contribution in [-0.2, 0) is 10.2 Å². The molecule has 2 rings (SSSR count). The Morgan fingerprint density at radius 2 is 2.00 bits per heavy atom. The summed E-state index contributed by atoms with van der Waals surface area (Å²) >= 11 is 0. The molecular formula is C14H21NO3. The second-order valence-corrected chi connectivity index (χ2v) is 5.04. The van der Waals surface area contributed by atoms with Gasteiger partial charge in [-0.1, -0.05) is 6.07 Å². The minimum atomic E-state index is -0.609. The maximum absolute atomic E-state index is 10.2. The van der Waals surface area contributed by atoms with E-state index >= 15 is 0 Å². The summed E-state index contributed by atoms with van der Waals surface area (Å²) in [4.78, 5) is 0. The van der Waals surface area contributed by atoms with Crippen molar-refractivity contribution in [3.63, 3.8) is 0 Å². The lowest BCUT2D eigenvalue weighted by Gasteiger charge is -2.45. The van der Waals surface area contributed by atoms with Crippen molar-refractivity contribution < 1.29 is 14.6 Å². The monoisotopic (exact) mass is 251 g/mol. The van der Waals surface area contributed by atoms with Crippen LogP contribution in [0, 0.1) is 13.8 Å². The average molecular weight is 251 g/mol. The van der Waals surface area contributed by atoms with Crippen molar-refractivity contribution in [2.75, 3.05) is 26.9 Å². The lowest BCUT2D eigenvalue weighted by Crippen LogP contribution is -2.57. The standard InChI is InChI=1S/C14H21NO3/c1-9-4-11(12(17-3)5-10(9)2)14(7-18-8-14)13(16)6-15/h4-5,13,16H,6-8,15H2,1-3H3. The van der Waals surface area contributed by atoms with E-state index in [0.717, 1.165) is 11.3 Å². The molecule has 1 atom stereocenters. The molecule has 1 aromatic rings. The van der Waals surface area contributed by atoms with Crippen molar-refractivity contribution in [3.8, 4) is 5.75 Å². The van der Waals surface area contributed by atoms with Gasteiger partial charge in [-0.05, 0) is 31.0 Å². The lowest BCUT2D eigenvalue weighted by atomic mass is 9.72. The van der Waals surface area contributed by atoms with Gasteiger partial charge in [0.25, 0.3) is 0 Å². The maximum Gasteiger partial charge on any atom is 0.123 e. The van der Waals surface area contributed by atoms with Crippen molar-refractivity contribution in [2.24, 2.45) is 5.73 Å². The highest BCUT2D eigenvalue weighted by Gasteiger charge is 2.48. The SMILES string of the molecule is COc1cc(C)c(C)cc1C1(C(O)CN)COC1. The number of hydrogen-bond donors (Lipinski definition) is 2. The molecule has 1 aliphatic heterocycles. The molecule has 1 heterocycles. The van der Waals surface area contributed by atoms with Crippen LogP contribution in [0.1, 0.15) is 16.7 Å². The van der Waals surface area contributed by atoms with E-state index in [2.05, 4.69) is 13.0 Å². The third-order valence-corrected chi connectivity index (χ3v) is 3.93. The normalized spacial score (nSPS) is 19.2. The van der Waals surface area contributed by atoms with Crippen molar-refractivity contribution >= 4 is 0 Å². The van der Waals surface area contributed by atoms with Gasteiger partial charge in [0, 0.05) is 12.1 Å². The van der Waals surface area contributed by atoms with E-state index in [9.17, 15) is 5.11 Å². The molecule has 4 nitrogen and oxygen atoms in total. The second kappa shape index (κ2) is 4.88. The van der Waals surface area contributed by atoms with Gasteiger partial charge in [0.1, 0.15) is 5.75 Å². The van der Waals surface area contributed by atoms with Gasteiger partial charge in [0.2, 0.25) is 0 Å². The average Bonchev–Trinajstić information content (AvgIpc) is 2.31. The van der Waals surface area contributed by atoms with E-state index in [0.29, 0.717) is 13.2 Å². The van der Waals surface area contributed by atoms with Crippen molar-refractivity contribution in [2.45, 2.75) is 25.4 Å². The number of aliphatic hydroxyl groups is 1. The molecule has 1 saturated heterocycles. The highest BCUT2D eigenvalue weighted by Crippen LogP contribution is 2.41. The van der Waals surface area contributed by atoms with Gasteiger partial charge in [0.15, 0.2) is 0 Å². The summed E-state index contributed by atoms with van der Waals surface area (Å²) in [6.45, 7) is 5.30. The van der Waals surface area contributed by atoms with Gasteiger partial charge in [-0.2, -0.15) is 0 Å². The van der Waals surface area contributed by atoms with Crippen LogP contribution in [0.2, 0.25) is 0 Å². The van der Waals surface area contributed by atoms with Gasteiger partial charge in [-0.3, -0.25) is 0 Å². The van der Waals surface area contributed by atoms with Crippen LogP contribution in [0.3, 0.4) is 0 Å². The van der Waals surface area contributed by atoms with Crippen LogP contribution in [0.4, 0.5) is 0 Å². The zero-order valence-corrected chi connectivity index (χ0v) is 11.2. The fourth-order valence-electron chi connectivity index (χ4n) is 2.42. The number of nitrogens with two attached hydrogens (primary N) is 1. The van der Waals surface area contributed by atoms with Crippen LogP contribution in [0.15, 0.2) is 12.1 Å². The molecule has 3 N–H and O–H groups in total. The minimum absolute atomic E-state index is 0.222.